The predicted molar refractivity (Wildman–Crippen MR) is 89.1 cm³/mol. The maximum atomic E-state index is 11.1. The number of nitrogens with one attached hydrogen (secondary N) is 1. The number of rotatable bonds is 5. The van der Waals surface area contributed by atoms with Crippen LogP contribution in [0.3, 0.4) is 0 Å². The lowest BCUT2D eigenvalue weighted by molar-refractivity contribution is -0.384. The molecular weight excluding hydrogens is 292 g/mol. The van der Waals surface area contributed by atoms with Crippen LogP contribution in [-0.2, 0) is 13.6 Å². The Balaban J connectivity index is 1.86. The summed E-state index contributed by atoms with van der Waals surface area (Å²) in [7, 11) is 1.86. The summed E-state index contributed by atoms with van der Waals surface area (Å²) >= 11 is 0. The lowest BCUT2D eigenvalue weighted by Gasteiger charge is -2.07. The van der Waals surface area contributed by atoms with Gasteiger partial charge in [0.25, 0.3) is 5.69 Å². The molecule has 0 bridgehead atoms. The number of aryl methyl sites for hydroxylation is 1. The lowest BCUT2D eigenvalue weighted by Crippen LogP contribution is -2.02. The number of benzene rings is 2. The Labute approximate surface area is 133 Å². The molecule has 6 nitrogen and oxygen atoms in total. The molecule has 6 heteroatoms. The van der Waals surface area contributed by atoms with E-state index in [1.54, 1.807) is 22.9 Å². The van der Waals surface area contributed by atoms with Gasteiger partial charge in [-0.05, 0) is 6.07 Å². The summed E-state index contributed by atoms with van der Waals surface area (Å²) in [6.45, 7) is 0.461. The van der Waals surface area contributed by atoms with Crippen LogP contribution in [0, 0.1) is 10.1 Å². The molecule has 0 aliphatic rings. The Bertz CT molecular complexity index is 828. The standard InChI is InChI=1S/C17H16N4O2/c1-20-12-14(17(19-20)13-7-3-2-4-8-13)11-18-15-9-5-6-10-16(15)21(22)23/h2-10,12,18H,11H2,1H3. The summed E-state index contributed by atoms with van der Waals surface area (Å²) in [5.74, 6) is 0. The van der Waals surface area contributed by atoms with Gasteiger partial charge in [-0.1, -0.05) is 42.5 Å². The number of aromatic nitrogens is 2. The predicted octanol–water partition coefficient (Wildman–Crippen LogP) is 3.61. The van der Waals surface area contributed by atoms with E-state index in [0.717, 1.165) is 16.8 Å². The van der Waals surface area contributed by atoms with Gasteiger partial charge in [-0.25, -0.2) is 0 Å². The van der Waals surface area contributed by atoms with Crippen molar-refractivity contribution >= 4 is 11.4 Å². The molecule has 0 unspecified atom stereocenters. The van der Waals surface area contributed by atoms with Gasteiger partial charge in [0.05, 0.1) is 10.6 Å². The minimum Gasteiger partial charge on any atom is -0.375 e. The fourth-order valence-electron chi connectivity index (χ4n) is 2.48. The third-order valence-electron chi connectivity index (χ3n) is 3.52. The Morgan fingerprint density at radius 3 is 2.57 bits per heavy atom. The summed E-state index contributed by atoms with van der Waals surface area (Å²) in [6, 6.07) is 16.5. The van der Waals surface area contributed by atoms with Crippen LogP contribution in [0.1, 0.15) is 5.56 Å². The number of hydrogen-bond donors (Lipinski definition) is 1. The molecule has 0 saturated heterocycles. The quantitative estimate of drug-likeness (QED) is 0.577. The highest BCUT2D eigenvalue weighted by atomic mass is 16.6. The third kappa shape index (κ3) is 3.21. The molecule has 0 fully saturated rings. The van der Waals surface area contributed by atoms with Crippen LogP contribution in [0.15, 0.2) is 60.8 Å². The second-order valence-electron chi connectivity index (χ2n) is 5.17. The summed E-state index contributed by atoms with van der Waals surface area (Å²) in [5.41, 5.74) is 3.45. The summed E-state index contributed by atoms with van der Waals surface area (Å²) in [5, 5.41) is 18.7. The average Bonchev–Trinajstić information content (AvgIpc) is 2.95. The fourth-order valence-corrected chi connectivity index (χ4v) is 2.48. The molecule has 0 spiro atoms. The van der Waals surface area contributed by atoms with Gasteiger partial charge in [0, 0.05) is 37.0 Å². The Hall–Kier alpha value is -3.15. The summed E-state index contributed by atoms with van der Waals surface area (Å²) in [6.07, 6.45) is 1.92. The molecule has 0 saturated carbocycles. The Kier molecular flexibility index (Phi) is 4.05. The first kappa shape index (κ1) is 14.8. The van der Waals surface area contributed by atoms with Crippen LogP contribution >= 0.6 is 0 Å². The number of para-hydroxylation sites is 2. The molecule has 0 atom stereocenters. The third-order valence-corrected chi connectivity index (χ3v) is 3.52. The van der Waals surface area contributed by atoms with Gasteiger partial charge in [0.1, 0.15) is 5.69 Å². The largest absolute Gasteiger partial charge is 0.375 e. The van der Waals surface area contributed by atoms with Crippen molar-refractivity contribution in [3.05, 3.63) is 76.5 Å². The van der Waals surface area contributed by atoms with E-state index >= 15 is 0 Å². The molecule has 1 aromatic heterocycles. The maximum Gasteiger partial charge on any atom is 0.292 e. The lowest BCUT2D eigenvalue weighted by atomic mass is 10.1. The minimum atomic E-state index is -0.385. The molecule has 0 aliphatic heterocycles. The molecule has 1 N–H and O–H groups in total. The molecule has 0 amide bonds. The van der Waals surface area contributed by atoms with Crippen molar-refractivity contribution < 1.29 is 4.92 Å². The van der Waals surface area contributed by atoms with Crippen LogP contribution in [-0.4, -0.2) is 14.7 Å². The number of anilines is 1. The van der Waals surface area contributed by atoms with Gasteiger partial charge in [-0.3, -0.25) is 14.8 Å². The van der Waals surface area contributed by atoms with Crippen molar-refractivity contribution in [2.75, 3.05) is 5.32 Å². The summed E-state index contributed by atoms with van der Waals surface area (Å²) in [4.78, 5) is 10.7. The fraction of sp³-hybridized carbons (Fsp3) is 0.118. The average molecular weight is 308 g/mol. The smallest absolute Gasteiger partial charge is 0.292 e. The Morgan fingerprint density at radius 1 is 1.13 bits per heavy atom. The highest BCUT2D eigenvalue weighted by Crippen LogP contribution is 2.26. The number of nitro benzene ring substituents is 1. The zero-order chi connectivity index (χ0) is 16.2. The van der Waals surface area contributed by atoms with E-state index in [9.17, 15) is 10.1 Å². The van der Waals surface area contributed by atoms with Gasteiger partial charge in [-0.15, -0.1) is 0 Å². The Morgan fingerprint density at radius 2 is 1.83 bits per heavy atom. The van der Waals surface area contributed by atoms with Gasteiger partial charge >= 0.3 is 0 Å². The summed E-state index contributed by atoms with van der Waals surface area (Å²) < 4.78 is 1.75. The van der Waals surface area contributed by atoms with Crippen molar-refractivity contribution in [1.82, 2.24) is 9.78 Å². The van der Waals surface area contributed by atoms with Crippen LogP contribution in [0.5, 0.6) is 0 Å². The first-order chi connectivity index (χ1) is 11.1. The van der Waals surface area contributed by atoms with Crippen LogP contribution < -0.4 is 5.32 Å². The molecule has 3 rings (SSSR count). The van der Waals surface area contributed by atoms with Crippen molar-refractivity contribution in [3.8, 4) is 11.3 Å². The number of nitro groups is 1. The molecule has 0 radical (unpaired) electrons. The minimum absolute atomic E-state index is 0.0673. The van der Waals surface area contributed by atoms with E-state index in [2.05, 4.69) is 10.4 Å². The first-order valence-corrected chi connectivity index (χ1v) is 7.20. The second kappa shape index (κ2) is 6.31. The van der Waals surface area contributed by atoms with E-state index in [4.69, 9.17) is 0 Å². The van der Waals surface area contributed by atoms with E-state index in [-0.39, 0.29) is 10.6 Å². The highest BCUT2D eigenvalue weighted by molar-refractivity contribution is 5.65. The second-order valence-corrected chi connectivity index (χ2v) is 5.17. The van der Waals surface area contributed by atoms with Crippen molar-refractivity contribution in [2.45, 2.75) is 6.54 Å². The molecule has 116 valence electrons. The van der Waals surface area contributed by atoms with Gasteiger partial charge in [0.2, 0.25) is 0 Å². The molecule has 0 aliphatic carbocycles. The molecule has 2 aromatic carbocycles. The van der Waals surface area contributed by atoms with Crippen molar-refractivity contribution in [3.63, 3.8) is 0 Å². The zero-order valence-electron chi connectivity index (χ0n) is 12.6. The zero-order valence-corrected chi connectivity index (χ0v) is 12.6. The van der Waals surface area contributed by atoms with Crippen LogP contribution in [0.2, 0.25) is 0 Å². The van der Waals surface area contributed by atoms with Crippen LogP contribution in [0.25, 0.3) is 11.3 Å². The maximum absolute atomic E-state index is 11.1. The van der Waals surface area contributed by atoms with E-state index < -0.39 is 0 Å². The number of nitrogens with zero attached hydrogens (tertiary/aromatic N) is 3. The number of hydrogen-bond acceptors (Lipinski definition) is 4. The first-order valence-electron chi connectivity index (χ1n) is 7.20. The van der Waals surface area contributed by atoms with Gasteiger partial charge in [0.15, 0.2) is 0 Å². The van der Waals surface area contributed by atoms with E-state index in [1.807, 2.05) is 43.6 Å². The monoisotopic (exact) mass is 308 g/mol. The molecule has 1 heterocycles. The molecule has 3 aromatic rings. The SMILES string of the molecule is Cn1cc(CNc2ccccc2[N+](=O)[O-])c(-c2ccccc2)n1. The van der Waals surface area contributed by atoms with E-state index in [1.165, 1.54) is 6.07 Å². The van der Waals surface area contributed by atoms with Crippen LogP contribution in [0.4, 0.5) is 11.4 Å². The topological polar surface area (TPSA) is 73.0 Å². The highest BCUT2D eigenvalue weighted by Gasteiger charge is 2.14. The normalized spacial score (nSPS) is 10.5. The van der Waals surface area contributed by atoms with Gasteiger partial charge < -0.3 is 5.32 Å². The van der Waals surface area contributed by atoms with E-state index in [0.29, 0.717) is 12.2 Å². The van der Waals surface area contributed by atoms with Gasteiger partial charge in [-0.2, -0.15) is 5.10 Å². The van der Waals surface area contributed by atoms with Crippen molar-refractivity contribution in [2.24, 2.45) is 7.05 Å². The molecule has 23 heavy (non-hydrogen) atoms. The molecular formula is C17H16N4O2. The van der Waals surface area contributed by atoms with Crippen molar-refractivity contribution in [1.29, 1.82) is 0 Å².